The zero-order valence-electron chi connectivity index (χ0n) is 16.6. The molecule has 2 aromatic heterocycles. The molecule has 2 N–H and O–H groups in total. The van der Waals surface area contributed by atoms with Gasteiger partial charge in [0.15, 0.2) is 11.2 Å². The van der Waals surface area contributed by atoms with Crippen LogP contribution < -0.4 is 21.6 Å². The molecule has 0 saturated heterocycles. The minimum Gasteiger partial charge on any atom is -0.378 e. The molecule has 0 aliphatic carbocycles. The average molecular weight is 383 g/mol. The van der Waals surface area contributed by atoms with Crippen molar-refractivity contribution in [2.45, 2.75) is 26.3 Å². The molecule has 3 aromatic rings. The molecule has 0 amide bonds. The van der Waals surface area contributed by atoms with Gasteiger partial charge in [-0.15, -0.1) is 0 Å². The number of nitrogens with zero attached hydrogens (tertiary/aromatic N) is 5. The Labute approximate surface area is 162 Å². The molecule has 148 valence electrons. The summed E-state index contributed by atoms with van der Waals surface area (Å²) >= 11 is 0. The van der Waals surface area contributed by atoms with Gasteiger partial charge in [-0.25, -0.2) is 10.2 Å². The molecule has 1 aromatic carbocycles. The van der Waals surface area contributed by atoms with E-state index in [1.54, 1.807) is 17.8 Å². The van der Waals surface area contributed by atoms with E-state index in [-0.39, 0.29) is 0 Å². The van der Waals surface area contributed by atoms with E-state index in [0.717, 1.165) is 24.1 Å². The number of H-pyrrole nitrogens is 1. The lowest BCUT2D eigenvalue weighted by Gasteiger charge is -2.11. The number of hydrazone groups is 1. The van der Waals surface area contributed by atoms with E-state index < -0.39 is 11.2 Å². The van der Waals surface area contributed by atoms with E-state index in [1.165, 1.54) is 4.57 Å². The van der Waals surface area contributed by atoms with Crippen molar-refractivity contribution < 1.29 is 0 Å². The zero-order chi connectivity index (χ0) is 20.3. The van der Waals surface area contributed by atoms with E-state index in [0.29, 0.717) is 23.7 Å². The fourth-order valence-corrected chi connectivity index (χ4v) is 2.88. The van der Waals surface area contributed by atoms with Gasteiger partial charge in [0.2, 0.25) is 5.95 Å². The number of fused-ring (bicyclic) bond motifs is 1. The minimum atomic E-state index is -0.492. The van der Waals surface area contributed by atoms with Crippen LogP contribution in [-0.4, -0.2) is 39.4 Å². The third-order valence-corrected chi connectivity index (χ3v) is 4.53. The Morgan fingerprint density at radius 1 is 1.25 bits per heavy atom. The fraction of sp³-hybridized carbons (Fsp3) is 0.368. The number of aromatic nitrogens is 4. The molecule has 0 spiro atoms. The highest BCUT2D eigenvalue weighted by atomic mass is 16.2. The van der Waals surface area contributed by atoms with Crippen LogP contribution in [-0.2, 0) is 13.6 Å². The first-order valence-corrected chi connectivity index (χ1v) is 9.18. The maximum atomic E-state index is 12.3. The molecule has 0 saturated carbocycles. The molecule has 0 radical (unpaired) electrons. The van der Waals surface area contributed by atoms with Crippen LogP contribution in [0, 0.1) is 0 Å². The van der Waals surface area contributed by atoms with Gasteiger partial charge in [-0.2, -0.15) is 10.1 Å². The van der Waals surface area contributed by atoms with Gasteiger partial charge in [-0.3, -0.25) is 14.3 Å². The Kier molecular flexibility index (Phi) is 5.62. The van der Waals surface area contributed by atoms with Gasteiger partial charge in [-0.05, 0) is 24.1 Å². The number of benzene rings is 1. The van der Waals surface area contributed by atoms with Crippen molar-refractivity contribution in [1.82, 2.24) is 19.1 Å². The first kappa shape index (κ1) is 19.4. The molecule has 0 fully saturated rings. The second kappa shape index (κ2) is 8.12. The SMILES string of the molecule is CCCCn1c(N/N=C/c2ccc(N(C)C)cc2)nc2c1c(=O)[nH]c(=O)n2C. The maximum Gasteiger partial charge on any atom is 0.329 e. The highest BCUT2D eigenvalue weighted by Gasteiger charge is 2.16. The minimum absolute atomic E-state index is 0.331. The Bertz CT molecular complexity index is 1100. The molecule has 0 aliphatic heterocycles. The van der Waals surface area contributed by atoms with Crippen LogP contribution in [0.15, 0.2) is 39.0 Å². The quantitative estimate of drug-likeness (QED) is 0.478. The number of unbranched alkanes of at least 4 members (excludes halogenated alkanes) is 1. The monoisotopic (exact) mass is 383 g/mol. The van der Waals surface area contributed by atoms with Gasteiger partial charge in [0, 0.05) is 33.4 Å². The van der Waals surface area contributed by atoms with Gasteiger partial charge < -0.3 is 9.47 Å². The van der Waals surface area contributed by atoms with Crippen molar-refractivity contribution in [1.29, 1.82) is 0 Å². The molecule has 3 rings (SSSR count). The summed E-state index contributed by atoms with van der Waals surface area (Å²) in [6, 6.07) is 7.95. The van der Waals surface area contributed by atoms with Crippen LogP contribution in [0.5, 0.6) is 0 Å². The van der Waals surface area contributed by atoms with Crippen LogP contribution in [0.3, 0.4) is 0 Å². The summed E-state index contributed by atoms with van der Waals surface area (Å²) < 4.78 is 3.09. The number of hydrogen-bond donors (Lipinski definition) is 2. The van der Waals surface area contributed by atoms with E-state index in [9.17, 15) is 9.59 Å². The number of aromatic amines is 1. The lowest BCUT2D eigenvalue weighted by molar-refractivity contribution is 0.647. The van der Waals surface area contributed by atoms with E-state index >= 15 is 0 Å². The van der Waals surface area contributed by atoms with Crippen LogP contribution in [0.25, 0.3) is 11.2 Å². The van der Waals surface area contributed by atoms with Crippen molar-refractivity contribution in [3.63, 3.8) is 0 Å². The van der Waals surface area contributed by atoms with Gasteiger partial charge in [0.05, 0.1) is 6.21 Å². The molecule has 2 heterocycles. The zero-order valence-corrected chi connectivity index (χ0v) is 16.6. The predicted octanol–water partition coefficient (Wildman–Crippen LogP) is 1.74. The second-order valence-electron chi connectivity index (χ2n) is 6.79. The number of rotatable bonds is 7. The Morgan fingerprint density at radius 3 is 2.61 bits per heavy atom. The molecule has 0 bridgehead atoms. The van der Waals surface area contributed by atoms with Crippen LogP contribution in [0.2, 0.25) is 0 Å². The summed E-state index contributed by atoms with van der Waals surface area (Å²) in [6.07, 6.45) is 3.52. The lowest BCUT2D eigenvalue weighted by atomic mass is 10.2. The maximum absolute atomic E-state index is 12.3. The normalized spacial score (nSPS) is 11.4. The number of anilines is 2. The van der Waals surface area contributed by atoms with Gasteiger partial charge in [0.25, 0.3) is 5.56 Å². The van der Waals surface area contributed by atoms with Gasteiger partial charge in [-0.1, -0.05) is 25.5 Å². The number of aryl methyl sites for hydroxylation is 2. The van der Waals surface area contributed by atoms with Crippen molar-refractivity contribution in [3.8, 4) is 0 Å². The summed E-state index contributed by atoms with van der Waals surface area (Å²) in [6.45, 7) is 2.67. The molecular weight excluding hydrogens is 358 g/mol. The molecule has 28 heavy (non-hydrogen) atoms. The standard InChI is InChI=1S/C19H25N7O2/c1-5-6-11-26-15-16(25(4)19(28)22-17(15)27)21-18(26)23-20-12-13-7-9-14(10-8-13)24(2)3/h7-10,12H,5-6,11H2,1-4H3,(H,21,23)(H,22,27,28)/b20-12+. The summed E-state index contributed by atoms with van der Waals surface area (Å²) in [5.41, 5.74) is 4.71. The topological polar surface area (TPSA) is 100 Å². The van der Waals surface area contributed by atoms with E-state index in [4.69, 9.17) is 0 Å². The van der Waals surface area contributed by atoms with Crippen LogP contribution >= 0.6 is 0 Å². The summed E-state index contributed by atoms with van der Waals surface area (Å²) in [5, 5.41) is 4.26. The molecule has 0 aliphatic rings. The van der Waals surface area contributed by atoms with Gasteiger partial charge in [0.1, 0.15) is 0 Å². The number of hydrogen-bond acceptors (Lipinski definition) is 6. The van der Waals surface area contributed by atoms with Crippen LogP contribution in [0.1, 0.15) is 25.3 Å². The van der Waals surface area contributed by atoms with E-state index in [1.807, 2.05) is 43.3 Å². The molecule has 0 unspecified atom stereocenters. The number of nitrogens with one attached hydrogen (secondary N) is 2. The summed E-state index contributed by atoms with van der Waals surface area (Å²) in [5.74, 6) is 0.427. The molecule has 9 heteroatoms. The summed E-state index contributed by atoms with van der Waals surface area (Å²) in [4.78, 5) is 33.0. The smallest absolute Gasteiger partial charge is 0.329 e. The number of imidazole rings is 1. The van der Waals surface area contributed by atoms with Crippen molar-refractivity contribution in [2.24, 2.45) is 12.1 Å². The highest BCUT2D eigenvalue weighted by Crippen LogP contribution is 2.16. The Balaban J connectivity index is 1.93. The van der Waals surface area contributed by atoms with E-state index in [2.05, 4.69) is 27.4 Å². The summed E-state index contributed by atoms with van der Waals surface area (Å²) in [7, 11) is 5.55. The third-order valence-electron chi connectivity index (χ3n) is 4.53. The Hall–Kier alpha value is -3.36. The Morgan fingerprint density at radius 2 is 1.96 bits per heavy atom. The molecule has 0 atom stereocenters. The molecular formula is C19H25N7O2. The third kappa shape index (κ3) is 3.83. The van der Waals surface area contributed by atoms with Crippen molar-refractivity contribution >= 4 is 29.0 Å². The molecule has 9 nitrogen and oxygen atoms in total. The second-order valence-corrected chi connectivity index (χ2v) is 6.79. The van der Waals surface area contributed by atoms with Crippen molar-refractivity contribution in [3.05, 3.63) is 50.7 Å². The van der Waals surface area contributed by atoms with Gasteiger partial charge >= 0.3 is 5.69 Å². The first-order chi connectivity index (χ1) is 13.4. The first-order valence-electron chi connectivity index (χ1n) is 9.18. The average Bonchev–Trinajstić information content (AvgIpc) is 3.04. The van der Waals surface area contributed by atoms with Crippen molar-refractivity contribution in [2.75, 3.05) is 24.4 Å². The lowest BCUT2D eigenvalue weighted by Crippen LogP contribution is -2.29. The predicted molar refractivity (Wildman–Crippen MR) is 112 cm³/mol. The highest BCUT2D eigenvalue weighted by molar-refractivity contribution is 5.81. The fourth-order valence-electron chi connectivity index (χ4n) is 2.88. The van der Waals surface area contributed by atoms with Crippen LogP contribution in [0.4, 0.5) is 11.6 Å². The largest absolute Gasteiger partial charge is 0.378 e.